The van der Waals surface area contributed by atoms with Crippen molar-refractivity contribution in [1.82, 2.24) is 14.6 Å². The lowest BCUT2D eigenvalue weighted by Crippen LogP contribution is -2.23. The summed E-state index contributed by atoms with van der Waals surface area (Å²) in [5, 5.41) is 5.33. The van der Waals surface area contributed by atoms with Gasteiger partial charge in [-0.1, -0.05) is 52.7 Å². The van der Waals surface area contributed by atoms with Crippen LogP contribution in [0.3, 0.4) is 0 Å². The molecule has 0 unspecified atom stereocenters. The summed E-state index contributed by atoms with van der Waals surface area (Å²) >= 11 is 13.4. The molecule has 9 heteroatoms. The number of hydrogen-bond acceptors (Lipinski definition) is 6. The minimum absolute atomic E-state index is 0.182. The maximum atomic E-state index is 12.8. The van der Waals surface area contributed by atoms with E-state index in [0.29, 0.717) is 36.9 Å². The number of ether oxygens (including phenoxy) is 1. The topological polar surface area (TPSA) is 69.6 Å². The number of nitrogens with zero attached hydrogens (tertiary/aromatic N) is 3. The van der Waals surface area contributed by atoms with Crippen LogP contribution in [-0.2, 0) is 6.61 Å². The van der Waals surface area contributed by atoms with Gasteiger partial charge in [-0.3, -0.25) is 4.79 Å². The standard InChI is InChI=1S/C23H15Cl2N3O3S/c1-13-4-2-3-5-18(13)30-12-21-26-23-28(27-21)22(29)20(32-23)11-17-6-7-19(31-17)14-8-15(24)10-16(25)9-14/h2-11H,12H2,1H3. The molecule has 5 rings (SSSR count). The van der Waals surface area contributed by atoms with Crippen molar-refractivity contribution < 1.29 is 9.15 Å². The predicted octanol–water partition coefficient (Wildman–Crippen LogP) is 5.15. The number of halogens is 2. The lowest BCUT2D eigenvalue weighted by Gasteiger charge is -2.05. The minimum atomic E-state index is -0.261. The summed E-state index contributed by atoms with van der Waals surface area (Å²) < 4.78 is 13.4. The fourth-order valence-electron chi connectivity index (χ4n) is 3.21. The van der Waals surface area contributed by atoms with Gasteiger partial charge in [-0.05, 0) is 48.9 Å². The summed E-state index contributed by atoms with van der Waals surface area (Å²) in [6.07, 6.45) is 1.67. The molecule has 0 aliphatic rings. The number of benzene rings is 2. The van der Waals surface area contributed by atoms with Crippen molar-refractivity contribution in [3.05, 3.63) is 96.7 Å². The second kappa shape index (κ2) is 8.43. The summed E-state index contributed by atoms with van der Waals surface area (Å²) in [7, 11) is 0. The van der Waals surface area contributed by atoms with Crippen LogP contribution in [0.25, 0.3) is 22.4 Å². The van der Waals surface area contributed by atoms with Crippen LogP contribution in [0.1, 0.15) is 17.1 Å². The number of para-hydroxylation sites is 1. The third-order valence-electron chi connectivity index (χ3n) is 4.72. The Labute approximate surface area is 196 Å². The van der Waals surface area contributed by atoms with Gasteiger partial charge in [0.05, 0.1) is 0 Å². The van der Waals surface area contributed by atoms with Crippen molar-refractivity contribution in [2.24, 2.45) is 0 Å². The molecule has 3 aromatic heterocycles. The molecule has 2 aromatic carbocycles. The van der Waals surface area contributed by atoms with Gasteiger partial charge in [0, 0.05) is 21.7 Å². The molecule has 160 valence electrons. The fourth-order valence-corrected chi connectivity index (χ4v) is 4.64. The third kappa shape index (κ3) is 4.14. The Balaban J connectivity index is 1.40. The van der Waals surface area contributed by atoms with Crippen LogP contribution in [0, 0.1) is 6.92 Å². The average molecular weight is 484 g/mol. The van der Waals surface area contributed by atoms with E-state index in [2.05, 4.69) is 10.1 Å². The first-order valence-corrected chi connectivity index (χ1v) is 11.2. The summed E-state index contributed by atoms with van der Waals surface area (Å²) in [6, 6.07) is 16.5. The van der Waals surface area contributed by atoms with Gasteiger partial charge in [-0.25, -0.2) is 0 Å². The van der Waals surface area contributed by atoms with Crippen molar-refractivity contribution in [2.45, 2.75) is 13.5 Å². The van der Waals surface area contributed by atoms with E-state index in [1.54, 1.807) is 36.4 Å². The molecule has 0 aliphatic heterocycles. The molecule has 0 radical (unpaired) electrons. The molecule has 0 bridgehead atoms. The van der Waals surface area contributed by atoms with Gasteiger partial charge in [0.1, 0.15) is 28.4 Å². The van der Waals surface area contributed by atoms with Gasteiger partial charge < -0.3 is 9.15 Å². The number of aromatic nitrogens is 3. The smallest absolute Gasteiger partial charge is 0.291 e. The van der Waals surface area contributed by atoms with Gasteiger partial charge in [0.15, 0.2) is 5.82 Å². The zero-order valence-corrected chi connectivity index (χ0v) is 19.0. The number of fused-ring (bicyclic) bond motifs is 1. The largest absolute Gasteiger partial charge is 0.485 e. The van der Waals surface area contributed by atoms with Crippen molar-refractivity contribution >= 4 is 45.6 Å². The van der Waals surface area contributed by atoms with E-state index in [1.165, 1.54) is 15.9 Å². The first kappa shape index (κ1) is 20.8. The first-order valence-electron chi connectivity index (χ1n) is 9.61. The molecule has 0 saturated carbocycles. The number of furan rings is 1. The molecule has 0 aliphatic carbocycles. The molecule has 0 amide bonds. The van der Waals surface area contributed by atoms with Crippen molar-refractivity contribution in [3.8, 4) is 17.1 Å². The van der Waals surface area contributed by atoms with E-state index >= 15 is 0 Å². The van der Waals surface area contributed by atoms with Crippen LogP contribution in [0.5, 0.6) is 5.75 Å². The maximum Gasteiger partial charge on any atom is 0.291 e. The number of aryl methyl sites for hydroxylation is 1. The van der Waals surface area contributed by atoms with E-state index in [-0.39, 0.29) is 12.2 Å². The molecule has 3 heterocycles. The molecule has 0 atom stereocenters. The Morgan fingerprint density at radius 1 is 1.12 bits per heavy atom. The van der Waals surface area contributed by atoms with E-state index < -0.39 is 0 Å². The highest BCUT2D eigenvalue weighted by Gasteiger charge is 2.12. The fraction of sp³-hybridized carbons (Fsp3) is 0.0870. The Morgan fingerprint density at radius 2 is 1.91 bits per heavy atom. The van der Waals surface area contributed by atoms with E-state index in [4.69, 9.17) is 32.4 Å². The van der Waals surface area contributed by atoms with E-state index in [9.17, 15) is 4.79 Å². The van der Waals surface area contributed by atoms with Crippen LogP contribution in [-0.4, -0.2) is 14.6 Å². The SMILES string of the molecule is Cc1ccccc1OCc1nc2sc(=Cc3ccc(-c4cc(Cl)cc(Cl)c4)o3)c(=O)n2n1. The normalized spacial score (nSPS) is 12.0. The molecule has 0 spiro atoms. The zero-order chi connectivity index (χ0) is 22.2. The first-order chi connectivity index (χ1) is 15.5. The van der Waals surface area contributed by atoms with Crippen LogP contribution in [0.2, 0.25) is 10.0 Å². The molecule has 6 nitrogen and oxygen atoms in total. The molecule has 0 saturated heterocycles. The second-order valence-electron chi connectivity index (χ2n) is 7.05. The highest BCUT2D eigenvalue weighted by Crippen LogP contribution is 2.28. The van der Waals surface area contributed by atoms with Gasteiger partial charge in [0.2, 0.25) is 4.96 Å². The Kier molecular flexibility index (Phi) is 5.46. The Bertz CT molecular complexity index is 1530. The lowest BCUT2D eigenvalue weighted by molar-refractivity contribution is 0.294. The van der Waals surface area contributed by atoms with Crippen LogP contribution >= 0.6 is 34.5 Å². The summed E-state index contributed by atoms with van der Waals surface area (Å²) in [4.78, 5) is 17.7. The Morgan fingerprint density at radius 3 is 2.66 bits per heavy atom. The summed E-state index contributed by atoms with van der Waals surface area (Å²) in [5.74, 6) is 2.34. The maximum absolute atomic E-state index is 12.8. The minimum Gasteiger partial charge on any atom is -0.485 e. The quantitative estimate of drug-likeness (QED) is 0.345. The number of thiazole rings is 1. The monoisotopic (exact) mass is 483 g/mol. The number of rotatable bonds is 5. The number of hydrogen-bond donors (Lipinski definition) is 0. The third-order valence-corrected chi connectivity index (χ3v) is 6.12. The predicted molar refractivity (Wildman–Crippen MR) is 126 cm³/mol. The van der Waals surface area contributed by atoms with Gasteiger partial charge in [0.25, 0.3) is 5.56 Å². The Hall–Kier alpha value is -3.13. The van der Waals surface area contributed by atoms with Crippen LogP contribution in [0.15, 0.2) is 63.8 Å². The van der Waals surface area contributed by atoms with Gasteiger partial charge >= 0.3 is 0 Å². The van der Waals surface area contributed by atoms with E-state index in [0.717, 1.165) is 16.9 Å². The average Bonchev–Trinajstić information content (AvgIpc) is 3.44. The van der Waals surface area contributed by atoms with Gasteiger partial charge in [-0.15, -0.1) is 5.10 Å². The van der Waals surface area contributed by atoms with Crippen molar-refractivity contribution in [1.29, 1.82) is 0 Å². The molecular formula is C23H15Cl2N3O3S. The highest BCUT2D eigenvalue weighted by molar-refractivity contribution is 7.15. The summed E-state index contributed by atoms with van der Waals surface area (Å²) in [6.45, 7) is 2.15. The second-order valence-corrected chi connectivity index (χ2v) is 8.93. The van der Waals surface area contributed by atoms with Crippen molar-refractivity contribution in [2.75, 3.05) is 0 Å². The molecule has 0 fully saturated rings. The van der Waals surface area contributed by atoms with Gasteiger partial charge in [-0.2, -0.15) is 9.50 Å². The van der Waals surface area contributed by atoms with Crippen LogP contribution < -0.4 is 14.8 Å². The highest BCUT2D eigenvalue weighted by atomic mass is 35.5. The van der Waals surface area contributed by atoms with Crippen molar-refractivity contribution in [3.63, 3.8) is 0 Å². The lowest BCUT2D eigenvalue weighted by atomic mass is 10.2. The zero-order valence-electron chi connectivity index (χ0n) is 16.7. The molecule has 32 heavy (non-hydrogen) atoms. The summed E-state index contributed by atoms with van der Waals surface area (Å²) in [5.41, 5.74) is 1.52. The van der Waals surface area contributed by atoms with E-state index in [1.807, 2.05) is 31.2 Å². The molecule has 0 N–H and O–H groups in total. The van der Waals surface area contributed by atoms with Crippen LogP contribution in [0.4, 0.5) is 0 Å². The molecular weight excluding hydrogens is 469 g/mol. The molecule has 5 aromatic rings.